The van der Waals surface area contributed by atoms with E-state index in [4.69, 9.17) is 16.3 Å². The van der Waals surface area contributed by atoms with Crippen LogP contribution in [-0.4, -0.2) is 76.1 Å². The number of fused-ring (bicyclic) bond motifs is 1. The van der Waals surface area contributed by atoms with E-state index in [-0.39, 0.29) is 37.1 Å². The van der Waals surface area contributed by atoms with Crippen LogP contribution in [0.2, 0.25) is 5.15 Å². The van der Waals surface area contributed by atoms with E-state index in [0.29, 0.717) is 51.9 Å². The Hall–Kier alpha value is -3.87. The fourth-order valence-corrected chi connectivity index (χ4v) is 6.19. The third kappa shape index (κ3) is 6.47. The number of carbonyl (C=O) groups excluding carboxylic acids is 1. The van der Waals surface area contributed by atoms with Crippen LogP contribution in [0.3, 0.4) is 0 Å². The maximum atomic E-state index is 13.8. The maximum absolute atomic E-state index is 13.8. The highest BCUT2D eigenvalue weighted by Crippen LogP contribution is 2.36. The van der Waals surface area contributed by atoms with Crippen molar-refractivity contribution in [1.29, 1.82) is 0 Å². The summed E-state index contributed by atoms with van der Waals surface area (Å²) in [5.74, 6) is -0.0160. The molecule has 4 aromatic rings. The molecular formula is C31H34ClF3N6O3. The number of halogens is 4. The van der Waals surface area contributed by atoms with Crippen molar-refractivity contribution in [1.82, 2.24) is 29.5 Å². The molecule has 1 amide bonds. The first-order valence-electron chi connectivity index (χ1n) is 14.2. The summed E-state index contributed by atoms with van der Waals surface area (Å²) in [7, 11) is 1.46. The zero-order valence-corrected chi connectivity index (χ0v) is 25.6. The van der Waals surface area contributed by atoms with E-state index in [0.717, 1.165) is 16.8 Å². The van der Waals surface area contributed by atoms with Crippen molar-refractivity contribution in [3.63, 3.8) is 0 Å². The Morgan fingerprint density at radius 2 is 1.89 bits per heavy atom. The predicted octanol–water partition coefficient (Wildman–Crippen LogP) is 5.14. The van der Waals surface area contributed by atoms with Gasteiger partial charge >= 0.3 is 6.18 Å². The summed E-state index contributed by atoms with van der Waals surface area (Å²) in [5.41, 5.74) is 4.71. The van der Waals surface area contributed by atoms with Gasteiger partial charge in [-0.1, -0.05) is 11.6 Å². The minimum atomic E-state index is -4.25. The van der Waals surface area contributed by atoms with Gasteiger partial charge in [-0.25, -0.2) is 4.98 Å². The first-order valence-corrected chi connectivity index (χ1v) is 14.6. The van der Waals surface area contributed by atoms with Crippen LogP contribution in [0, 0.1) is 13.8 Å². The summed E-state index contributed by atoms with van der Waals surface area (Å²) in [6, 6.07) is 8.79. The zero-order chi connectivity index (χ0) is 31.8. The molecule has 1 atom stereocenters. The largest absolute Gasteiger partial charge is 0.496 e. The maximum Gasteiger partial charge on any atom is 0.401 e. The van der Waals surface area contributed by atoms with Gasteiger partial charge < -0.3 is 19.4 Å². The number of H-pyrrole nitrogens is 1. The van der Waals surface area contributed by atoms with Gasteiger partial charge in [-0.3, -0.25) is 19.4 Å². The standard InChI is InChI=1S/C31H34ClF3N6O3/c1-18-14-26(44-4)24(30(43)38-18)16-37-29(42)23-15-25-21(22-6-5-8-36-28(22)32)7-9-41(25)27(19(23)2)20(3)40-12-10-39(11-13-40)17-31(33,34)35/h5-9,14-15,20H,10-13,16-17H2,1-4H3,(H,37,42)(H,38,43). The van der Waals surface area contributed by atoms with E-state index in [1.54, 1.807) is 31.3 Å². The smallest absolute Gasteiger partial charge is 0.401 e. The molecule has 5 heterocycles. The molecule has 0 aliphatic carbocycles. The molecular weight excluding hydrogens is 597 g/mol. The van der Waals surface area contributed by atoms with Crippen LogP contribution in [0.25, 0.3) is 16.6 Å². The first-order chi connectivity index (χ1) is 20.9. The quantitative estimate of drug-likeness (QED) is 0.262. The van der Waals surface area contributed by atoms with Crippen LogP contribution in [0.4, 0.5) is 13.2 Å². The second kappa shape index (κ2) is 12.6. The fraction of sp³-hybridized carbons (Fsp3) is 0.387. The third-order valence-electron chi connectivity index (χ3n) is 8.18. The molecule has 13 heteroatoms. The number of rotatable bonds is 8. The van der Waals surface area contributed by atoms with Gasteiger partial charge in [-0.05, 0) is 56.7 Å². The topological polar surface area (TPSA) is 95.0 Å². The number of amides is 1. The molecule has 0 spiro atoms. The minimum absolute atomic E-state index is 0.0589. The Bertz CT molecular complexity index is 1740. The van der Waals surface area contributed by atoms with E-state index in [9.17, 15) is 22.8 Å². The molecule has 4 aromatic heterocycles. The number of hydrogen-bond acceptors (Lipinski definition) is 6. The molecule has 0 radical (unpaired) electrons. The number of nitrogens with zero attached hydrogens (tertiary/aromatic N) is 4. The van der Waals surface area contributed by atoms with Crippen molar-refractivity contribution in [2.45, 2.75) is 39.5 Å². The summed E-state index contributed by atoms with van der Waals surface area (Å²) < 4.78 is 46.4. The highest BCUT2D eigenvalue weighted by molar-refractivity contribution is 6.32. The molecule has 44 heavy (non-hydrogen) atoms. The average molecular weight is 631 g/mol. The van der Waals surface area contributed by atoms with Gasteiger partial charge in [0.1, 0.15) is 10.9 Å². The number of carbonyl (C=O) groups is 1. The average Bonchev–Trinajstić information content (AvgIpc) is 3.38. The van der Waals surface area contributed by atoms with Gasteiger partial charge in [0.15, 0.2) is 0 Å². The Balaban J connectivity index is 1.53. The number of aryl methyl sites for hydroxylation is 1. The Morgan fingerprint density at radius 3 is 2.55 bits per heavy atom. The van der Waals surface area contributed by atoms with Crippen molar-refractivity contribution in [2.75, 3.05) is 39.8 Å². The molecule has 1 unspecified atom stereocenters. The number of nitrogens with one attached hydrogen (secondary N) is 2. The summed E-state index contributed by atoms with van der Waals surface area (Å²) in [5, 5.41) is 3.19. The molecule has 1 aliphatic rings. The first kappa shape index (κ1) is 31.6. The number of alkyl halides is 3. The minimum Gasteiger partial charge on any atom is -0.496 e. The lowest BCUT2D eigenvalue weighted by molar-refractivity contribution is -0.149. The molecule has 0 bridgehead atoms. The Morgan fingerprint density at radius 1 is 1.16 bits per heavy atom. The summed E-state index contributed by atoms with van der Waals surface area (Å²) >= 11 is 6.47. The number of aromatic nitrogens is 3. The van der Waals surface area contributed by atoms with Gasteiger partial charge in [0.25, 0.3) is 11.5 Å². The van der Waals surface area contributed by atoms with E-state index in [1.807, 2.05) is 36.6 Å². The van der Waals surface area contributed by atoms with E-state index < -0.39 is 12.7 Å². The van der Waals surface area contributed by atoms with E-state index >= 15 is 0 Å². The lowest BCUT2D eigenvalue weighted by Crippen LogP contribution is -2.49. The van der Waals surface area contributed by atoms with E-state index in [2.05, 4.69) is 20.2 Å². The molecule has 5 rings (SSSR count). The van der Waals surface area contributed by atoms with Crippen molar-refractivity contribution in [3.8, 4) is 16.9 Å². The van der Waals surface area contributed by atoms with Crippen molar-refractivity contribution < 1.29 is 22.7 Å². The van der Waals surface area contributed by atoms with Gasteiger partial charge in [-0.2, -0.15) is 13.2 Å². The number of ether oxygens (including phenoxy) is 1. The normalized spacial score (nSPS) is 15.5. The van der Waals surface area contributed by atoms with Gasteiger partial charge in [0.05, 0.1) is 31.3 Å². The van der Waals surface area contributed by atoms with Crippen LogP contribution in [0.5, 0.6) is 5.75 Å². The molecule has 0 saturated carbocycles. The number of pyridine rings is 3. The SMILES string of the molecule is COc1cc(C)[nH]c(=O)c1CNC(=O)c1cc2c(-c3cccnc3Cl)ccn2c(C(C)N2CCN(CC(F)(F)F)CC2)c1C. The highest BCUT2D eigenvalue weighted by atomic mass is 35.5. The third-order valence-corrected chi connectivity index (χ3v) is 8.48. The number of aromatic amines is 1. The summed E-state index contributed by atoms with van der Waals surface area (Å²) in [6.07, 6.45) is -0.744. The number of piperazine rings is 1. The lowest BCUT2D eigenvalue weighted by atomic mass is 9.99. The monoisotopic (exact) mass is 630 g/mol. The predicted molar refractivity (Wildman–Crippen MR) is 162 cm³/mol. The second-order valence-corrected chi connectivity index (χ2v) is 11.4. The second-order valence-electron chi connectivity index (χ2n) is 11.0. The summed E-state index contributed by atoms with van der Waals surface area (Å²) in [6.45, 7) is 6.04. The van der Waals surface area contributed by atoms with Gasteiger partial charge in [0, 0.05) is 72.7 Å². The lowest BCUT2D eigenvalue weighted by Gasteiger charge is -2.39. The molecule has 1 aliphatic heterocycles. The van der Waals surface area contributed by atoms with Gasteiger partial charge in [-0.15, -0.1) is 0 Å². The van der Waals surface area contributed by atoms with Crippen LogP contribution >= 0.6 is 11.6 Å². The highest BCUT2D eigenvalue weighted by Gasteiger charge is 2.34. The molecule has 1 saturated heterocycles. The van der Waals surface area contributed by atoms with Gasteiger partial charge in [0.2, 0.25) is 0 Å². The molecule has 2 N–H and O–H groups in total. The molecule has 1 fully saturated rings. The Labute approximate surface area is 257 Å². The molecule has 0 aromatic carbocycles. The van der Waals surface area contributed by atoms with Crippen LogP contribution in [-0.2, 0) is 6.54 Å². The van der Waals surface area contributed by atoms with Crippen LogP contribution in [0.1, 0.15) is 45.8 Å². The molecule has 234 valence electrons. The zero-order valence-electron chi connectivity index (χ0n) is 24.9. The van der Waals surface area contributed by atoms with Crippen LogP contribution in [0.15, 0.2) is 47.5 Å². The van der Waals surface area contributed by atoms with E-state index in [1.165, 1.54) is 12.0 Å². The summed E-state index contributed by atoms with van der Waals surface area (Å²) in [4.78, 5) is 36.9. The molecule has 9 nitrogen and oxygen atoms in total. The Kier molecular flexibility index (Phi) is 9.05. The van der Waals surface area contributed by atoms with Crippen molar-refractivity contribution >= 4 is 23.0 Å². The van der Waals surface area contributed by atoms with Crippen molar-refractivity contribution in [3.05, 3.63) is 86.3 Å². The fourth-order valence-electron chi connectivity index (χ4n) is 5.97. The van der Waals surface area contributed by atoms with Crippen molar-refractivity contribution in [2.24, 2.45) is 0 Å². The van der Waals surface area contributed by atoms with Crippen LogP contribution < -0.4 is 15.6 Å². The number of hydrogen-bond donors (Lipinski definition) is 2. The number of methoxy groups -OCH3 is 1.